The normalized spacial score (nSPS) is 15.0. The average Bonchev–Trinajstić information content (AvgIpc) is 3.02. The summed E-state index contributed by atoms with van der Waals surface area (Å²) in [5, 5.41) is 12.6. The van der Waals surface area contributed by atoms with E-state index in [9.17, 15) is 14.7 Å². The Labute approximate surface area is 144 Å². The second-order valence-electron chi connectivity index (χ2n) is 6.72. The lowest BCUT2D eigenvalue weighted by molar-refractivity contribution is -0.117. The van der Waals surface area contributed by atoms with Gasteiger partial charge in [-0.15, -0.1) is 0 Å². The number of aliphatic hydroxyl groups is 1. The van der Waals surface area contributed by atoms with Gasteiger partial charge in [0.2, 0.25) is 5.91 Å². The zero-order chi connectivity index (χ0) is 17.7. The summed E-state index contributed by atoms with van der Waals surface area (Å²) in [7, 11) is 0. The number of carbonyl (C=O) groups excluding carboxylic acids is 2. The highest BCUT2D eigenvalue weighted by Gasteiger charge is 2.28. The molecule has 0 saturated carbocycles. The van der Waals surface area contributed by atoms with Crippen LogP contribution in [0.2, 0.25) is 0 Å². The zero-order valence-electron chi connectivity index (χ0n) is 14.9. The number of hydrogen-bond acceptors (Lipinski definition) is 3. The standard InChI is InChI=1S/C19H28N2O3/c1-4-19(5-2,13-22)12-20-18(24)15-11-14(3)8-9-16(15)21-10-6-7-17(21)23/h8-9,11,22H,4-7,10,12-13H2,1-3H3,(H,20,24). The van der Waals surface area contributed by atoms with Crippen molar-refractivity contribution < 1.29 is 14.7 Å². The van der Waals surface area contributed by atoms with Crippen molar-refractivity contribution in [3.05, 3.63) is 29.3 Å². The second-order valence-corrected chi connectivity index (χ2v) is 6.72. The van der Waals surface area contributed by atoms with Crippen LogP contribution >= 0.6 is 0 Å². The van der Waals surface area contributed by atoms with Crippen molar-refractivity contribution in [1.29, 1.82) is 0 Å². The summed E-state index contributed by atoms with van der Waals surface area (Å²) < 4.78 is 0. The van der Waals surface area contributed by atoms with Crippen LogP contribution in [0.5, 0.6) is 0 Å². The van der Waals surface area contributed by atoms with Gasteiger partial charge in [-0.3, -0.25) is 9.59 Å². The molecule has 0 unspecified atom stereocenters. The largest absolute Gasteiger partial charge is 0.396 e. The molecule has 1 fully saturated rings. The molecule has 0 atom stereocenters. The maximum Gasteiger partial charge on any atom is 0.253 e. The van der Waals surface area contributed by atoms with Crippen LogP contribution in [-0.4, -0.2) is 36.6 Å². The monoisotopic (exact) mass is 332 g/mol. The summed E-state index contributed by atoms with van der Waals surface area (Å²) in [6.45, 7) is 7.11. The van der Waals surface area contributed by atoms with Gasteiger partial charge >= 0.3 is 0 Å². The van der Waals surface area contributed by atoms with Crippen molar-refractivity contribution in [1.82, 2.24) is 5.32 Å². The van der Waals surface area contributed by atoms with Crippen LogP contribution in [0, 0.1) is 12.3 Å². The number of nitrogens with one attached hydrogen (secondary N) is 1. The van der Waals surface area contributed by atoms with E-state index >= 15 is 0 Å². The van der Waals surface area contributed by atoms with Gasteiger partial charge in [0.15, 0.2) is 0 Å². The SMILES string of the molecule is CCC(CC)(CO)CNC(=O)c1cc(C)ccc1N1CCCC1=O. The van der Waals surface area contributed by atoms with Crippen LogP contribution in [0.15, 0.2) is 18.2 Å². The molecule has 0 aliphatic carbocycles. The number of nitrogens with zero attached hydrogens (tertiary/aromatic N) is 1. The minimum absolute atomic E-state index is 0.0472. The molecule has 5 nitrogen and oxygen atoms in total. The van der Waals surface area contributed by atoms with Crippen LogP contribution in [0.25, 0.3) is 0 Å². The summed E-state index contributed by atoms with van der Waals surface area (Å²) in [5.74, 6) is -0.118. The molecule has 0 aromatic heterocycles. The lowest BCUT2D eigenvalue weighted by Gasteiger charge is -2.30. The van der Waals surface area contributed by atoms with Crippen molar-refractivity contribution in [3.63, 3.8) is 0 Å². The topological polar surface area (TPSA) is 69.6 Å². The summed E-state index contributed by atoms with van der Waals surface area (Å²) >= 11 is 0. The molecule has 2 amide bonds. The van der Waals surface area contributed by atoms with Gasteiger partial charge in [-0.2, -0.15) is 0 Å². The first-order chi connectivity index (χ1) is 11.5. The second kappa shape index (κ2) is 7.79. The van der Waals surface area contributed by atoms with E-state index in [1.54, 1.807) is 4.90 Å². The zero-order valence-corrected chi connectivity index (χ0v) is 14.9. The van der Waals surface area contributed by atoms with E-state index in [4.69, 9.17) is 0 Å². The van der Waals surface area contributed by atoms with Gasteiger partial charge in [0, 0.05) is 24.9 Å². The molecular formula is C19H28N2O3. The first-order valence-corrected chi connectivity index (χ1v) is 8.76. The van der Waals surface area contributed by atoms with Gasteiger partial charge in [0.25, 0.3) is 5.91 Å². The van der Waals surface area contributed by atoms with Gasteiger partial charge in [-0.1, -0.05) is 25.5 Å². The Bertz CT molecular complexity index is 600. The molecule has 1 heterocycles. The highest BCUT2D eigenvalue weighted by atomic mass is 16.3. The first kappa shape index (κ1) is 18.5. The number of benzene rings is 1. The molecule has 2 N–H and O–H groups in total. The van der Waals surface area contributed by atoms with E-state index in [0.29, 0.717) is 30.8 Å². The van der Waals surface area contributed by atoms with Gasteiger partial charge in [-0.25, -0.2) is 0 Å². The minimum Gasteiger partial charge on any atom is -0.396 e. The Morgan fingerprint density at radius 2 is 2.04 bits per heavy atom. The maximum atomic E-state index is 12.7. The molecule has 132 valence electrons. The molecule has 24 heavy (non-hydrogen) atoms. The molecule has 0 spiro atoms. The molecule has 2 rings (SSSR count). The van der Waals surface area contributed by atoms with E-state index in [1.807, 2.05) is 39.0 Å². The summed E-state index contributed by atoms with van der Waals surface area (Å²) in [4.78, 5) is 26.5. The Morgan fingerprint density at radius 3 is 2.58 bits per heavy atom. The molecule has 1 aliphatic heterocycles. The van der Waals surface area contributed by atoms with Crippen molar-refractivity contribution in [2.75, 3.05) is 24.6 Å². The number of amides is 2. The highest BCUT2D eigenvalue weighted by molar-refractivity contribution is 6.05. The number of rotatable bonds is 7. The molecule has 1 aromatic carbocycles. The number of aryl methyl sites for hydroxylation is 1. The summed E-state index contributed by atoms with van der Waals surface area (Å²) in [5.41, 5.74) is 1.91. The molecule has 1 aliphatic rings. The van der Waals surface area contributed by atoms with Gasteiger partial charge in [0.1, 0.15) is 0 Å². The van der Waals surface area contributed by atoms with Crippen LogP contribution in [-0.2, 0) is 4.79 Å². The predicted molar refractivity (Wildman–Crippen MR) is 95.2 cm³/mol. The van der Waals surface area contributed by atoms with Crippen LogP contribution in [0.3, 0.4) is 0 Å². The first-order valence-electron chi connectivity index (χ1n) is 8.76. The van der Waals surface area contributed by atoms with E-state index in [0.717, 1.165) is 24.8 Å². The Hall–Kier alpha value is -1.88. The molecule has 5 heteroatoms. The summed E-state index contributed by atoms with van der Waals surface area (Å²) in [6, 6.07) is 5.61. The third-order valence-electron chi connectivity index (χ3n) is 5.22. The minimum atomic E-state index is -0.289. The summed E-state index contributed by atoms with van der Waals surface area (Å²) in [6.07, 6.45) is 2.96. The van der Waals surface area contributed by atoms with Crippen LogP contribution in [0.1, 0.15) is 55.5 Å². The molecule has 1 saturated heterocycles. The fourth-order valence-corrected chi connectivity index (χ4v) is 3.11. The number of anilines is 1. The number of hydrogen-bond donors (Lipinski definition) is 2. The van der Waals surface area contributed by atoms with E-state index < -0.39 is 0 Å². The Morgan fingerprint density at radius 1 is 1.33 bits per heavy atom. The molecule has 0 bridgehead atoms. The number of aliphatic hydroxyl groups excluding tert-OH is 1. The van der Waals surface area contributed by atoms with Gasteiger partial charge in [0.05, 0.1) is 17.9 Å². The number of carbonyl (C=O) groups is 2. The third-order valence-corrected chi connectivity index (χ3v) is 5.22. The quantitative estimate of drug-likeness (QED) is 0.806. The van der Waals surface area contributed by atoms with E-state index in [2.05, 4.69) is 5.32 Å². The van der Waals surface area contributed by atoms with Crippen molar-refractivity contribution >= 4 is 17.5 Å². The fraction of sp³-hybridized carbons (Fsp3) is 0.579. The van der Waals surface area contributed by atoms with Crippen molar-refractivity contribution in [2.45, 2.75) is 46.5 Å². The van der Waals surface area contributed by atoms with Crippen molar-refractivity contribution in [2.24, 2.45) is 5.41 Å². The van der Waals surface area contributed by atoms with Gasteiger partial charge < -0.3 is 15.3 Å². The van der Waals surface area contributed by atoms with Gasteiger partial charge in [-0.05, 0) is 38.3 Å². The maximum absolute atomic E-state index is 12.7. The van der Waals surface area contributed by atoms with E-state index in [-0.39, 0.29) is 23.8 Å². The lowest BCUT2D eigenvalue weighted by atomic mass is 9.83. The third kappa shape index (κ3) is 3.78. The Balaban J connectivity index is 2.22. The van der Waals surface area contributed by atoms with Crippen molar-refractivity contribution in [3.8, 4) is 0 Å². The molecule has 1 aromatic rings. The average molecular weight is 332 g/mol. The van der Waals surface area contributed by atoms with Crippen LogP contribution < -0.4 is 10.2 Å². The van der Waals surface area contributed by atoms with Crippen LogP contribution in [0.4, 0.5) is 5.69 Å². The fourth-order valence-electron chi connectivity index (χ4n) is 3.11. The smallest absolute Gasteiger partial charge is 0.253 e. The van der Waals surface area contributed by atoms with E-state index in [1.165, 1.54) is 0 Å². The molecular weight excluding hydrogens is 304 g/mol. The molecule has 0 radical (unpaired) electrons. The highest BCUT2D eigenvalue weighted by Crippen LogP contribution is 2.28. The Kier molecular flexibility index (Phi) is 5.99. The lowest BCUT2D eigenvalue weighted by Crippen LogP contribution is -2.40. The predicted octanol–water partition coefficient (Wildman–Crippen LogP) is 2.65.